The summed E-state index contributed by atoms with van der Waals surface area (Å²) in [5, 5.41) is 0. The first-order chi connectivity index (χ1) is 11.1. The molecule has 0 aromatic heterocycles. The summed E-state index contributed by atoms with van der Waals surface area (Å²) in [6.45, 7) is 3.94. The lowest BCUT2D eigenvalue weighted by atomic mass is 9.91. The van der Waals surface area contributed by atoms with Crippen LogP contribution in [0.5, 0.6) is 5.75 Å². The van der Waals surface area contributed by atoms with Crippen molar-refractivity contribution >= 4 is 5.97 Å². The van der Waals surface area contributed by atoms with Crippen LogP contribution in [-0.4, -0.2) is 26.0 Å². The molecule has 0 aliphatic carbocycles. The van der Waals surface area contributed by atoms with Gasteiger partial charge in [-0.05, 0) is 20.3 Å². The third-order valence-electron chi connectivity index (χ3n) is 3.35. The van der Waals surface area contributed by atoms with Gasteiger partial charge in [-0.2, -0.15) is 8.78 Å². The van der Waals surface area contributed by atoms with Gasteiger partial charge in [-0.1, -0.05) is 6.92 Å². The van der Waals surface area contributed by atoms with Crippen LogP contribution in [0.4, 0.5) is 22.0 Å². The molecule has 0 radical (unpaired) electrons. The van der Waals surface area contributed by atoms with E-state index >= 15 is 0 Å². The van der Waals surface area contributed by atoms with E-state index in [9.17, 15) is 26.7 Å². The van der Waals surface area contributed by atoms with Gasteiger partial charge < -0.3 is 14.2 Å². The van der Waals surface area contributed by atoms with E-state index in [2.05, 4.69) is 4.74 Å². The Balaban J connectivity index is 2.46. The number of carbonyl (C=O) groups excluding carboxylic acids is 1. The van der Waals surface area contributed by atoms with Crippen LogP contribution in [0.15, 0.2) is 0 Å². The standard InChI is InChI=1S/C15H17F5O4/c1-4-15(2,3)14(21)24-7-22-5-6-23-13-11(19)9(17)8(16)10(18)12(13)20/h4-7H2,1-3H3. The van der Waals surface area contributed by atoms with Crippen molar-refractivity contribution < 1.29 is 41.0 Å². The Kier molecular flexibility index (Phi) is 6.94. The molecule has 0 heterocycles. The number of rotatable bonds is 8. The van der Waals surface area contributed by atoms with E-state index in [0.29, 0.717) is 6.42 Å². The maximum atomic E-state index is 13.3. The van der Waals surface area contributed by atoms with E-state index in [1.54, 1.807) is 20.8 Å². The topological polar surface area (TPSA) is 44.8 Å². The average Bonchev–Trinajstić information content (AvgIpc) is 2.56. The molecule has 0 amide bonds. The maximum Gasteiger partial charge on any atom is 0.313 e. The lowest BCUT2D eigenvalue weighted by Gasteiger charge is -2.20. The largest absolute Gasteiger partial charge is 0.485 e. The van der Waals surface area contributed by atoms with Gasteiger partial charge in [0.25, 0.3) is 0 Å². The molecule has 1 rings (SSSR count). The Labute approximate surface area is 135 Å². The Hall–Kier alpha value is -1.90. The average molecular weight is 356 g/mol. The SMILES string of the molecule is CCC(C)(C)C(=O)OCOCCOc1c(F)c(F)c(F)c(F)c1F. The lowest BCUT2D eigenvalue weighted by molar-refractivity contribution is -0.167. The number of benzene rings is 1. The van der Waals surface area contributed by atoms with Gasteiger partial charge in [0.1, 0.15) is 6.61 Å². The molecule has 4 nitrogen and oxygen atoms in total. The van der Waals surface area contributed by atoms with Gasteiger partial charge in [-0.3, -0.25) is 4.79 Å². The molecule has 9 heteroatoms. The number of hydrogen-bond donors (Lipinski definition) is 0. The molecule has 0 spiro atoms. The van der Waals surface area contributed by atoms with Crippen LogP contribution in [0.25, 0.3) is 0 Å². The molecule has 24 heavy (non-hydrogen) atoms. The molecule has 0 aliphatic rings. The molecule has 0 saturated carbocycles. The molecular weight excluding hydrogens is 339 g/mol. The maximum absolute atomic E-state index is 13.3. The molecule has 0 saturated heterocycles. The van der Waals surface area contributed by atoms with Crippen molar-refractivity contribution in [3.8, 4) is 5.75 Å². The molecule has 0 bridgehead atoms. The Morgan fingerprint density at radius 3 is 1.92 bits per heavy atom. The summed E-state index contributed by atoms with van der Waals surface area (Å²) in [7, 11) is 0. The zero-order chi connectivity index (χ0) is 18.5. The first-order valence-electron chi connectivity index (χ1n) is 7.02. The van der Waals surface area contributed by atoms with Gasteiger partial charge in [-0.25, -0.2) is 13.2 Å². The van der Waals surface area contributed by atoms with Gasteiger partial charge in [-0.15, -0.1) is 0 Å². The van der Waals surface area contributed by atoms with Crippen LogP contribution < -0.4 is 4.74 Å². The van der Waals surface area contributed by atoms with E-state index in [1.165, 1.54) is 0 Å². The van der Waals surface area contributed by atoms with Crippen molar-refractivity contribution in [3.05, 3.63) is 29.1 Å². The highest BCUT2D eigenvalue weighted by Gasteiger charge is 2.28. The molecule has 136 valence electrons. The van der Waals surface area contributed by atoms with Crippen LogP contribution >= 0.6 is 0 Å². The van der Waals surface area contributed by atoms with E-state index in [-0.39, 0.29) is 6.61 Å². The Morgan fingerprint density at radius 1 is 0.917 bits per heavy atom. The van der Waals surface area contributed by atoms with Crippen LogP contribution in [-0.2, 0) is 14.3 Å². The summed E-state index contributed by atoms with van der Waals surface area (Å²) in [6.07, 6.45) is 0.551. The summed E-state index contributed by atoms with van der Waals surface area (Å²) in [5.41, 5.74) is -0.685. The van der Waals surface area contributed by atoms with Crippen molar-refractivity contribution in [2.75, 3.05) is 20.0 Å². The number of carbonyl (C=O) groups is 1. The fraction of sp³-hybridized carbons (Fsp3) is 0.533. The summed E-state index contributed by atoms with van der Waals surface area (Å²) in [6, 6.07) is 0. The van der Waals surface area contributed by atoms with Crippen molar-refractivity contribution in [1.29, 1.82) is 0 Å². The first-order valence-corrected chi connectivity index (χ1v) is 7.02. The molecule has 1 aromatic rings. The van der Waals surface area contributed by atoms with Crippen molar-refractivity contribution in [2.24, 2.45) is 5.41 Å². The minimum Gasteiger partial charge on any atom is -0.485 e. The second-order valence-electron chi connectivity index (χ2n) is 5.44. The smallest absolute Gasteiger partial charge is 0.313 e. The van der Waals surface area contributed by atoms with Crippen LogP contribution in [0.3, 0.4) is 0 Å². The van der Waals surface area contributed by atoms with E-state index in [4.69, 9.17) is 9.47 Å². The number of ether oxygens (including phenoxy) is 3. The Morgan fingerprint density at radius 2 is 1.42 bits per heavy atom. The van der Waals surface area contributed by atoms with Gasteiger partial charge in [0.15, 0.2) is 12.5 Å². The molecule has 1 aromatic carbocycles. The number of halogens is 5. The summed E-state index contributed by atoms with van der Waals surface area (Å²) in [4.78, 5) is 11.6. The normalized spacial score (nSPS) is 11.5. The van der Waals surface area contributed by atoms with Gasteiger partial charge in [0.05, 0.1) is 12.0 Å². The Bertz CT molecular complexity index is 575. The molecule has 0 fully saturated rings. The van der Waals surface area contributed by atoms with Gasteiger partial charge in [0, 0.05) is 0 Å². The highest BCUT2D eigenvalue weighted by atomic mass is 19.2. The first kappa shape index (κ1) is 20.1. The molecule has 0 N–H and O–H groups in total. The van der Waals surface area contributed by atoms with Crippen LogP contribution in [0.1, 0.15) is 27.2 Å². The second kappa shape index (κ2) is 8.27. The quantitative estimate of drug-likeness (QED) is 0.178. The van der Waals surface area contributed by atoms with Crippen molar-refractivity contribution in [2.45, 2.75) is 27.2 Å². The van der Waals surface area contributed by atoms with E-state index < -0.39 is 59.6 Å². The third kappa shape index (κ3) is 4.56. The molecular formula is C15H17F5O4. The zero-order valence-electron chi connectivity index (χ0n) is 13.4. The van der Waals surface area contributed by atoms with E-state index in [0.717, 1.165) is 0 Å². The van der Waals surface area contributed by atoms with Crippen LogP contribution in [0, 0.1) is 34.5 Å². The summed E-state index contributed by atoms with van der Waals surface area (Å²) in [5.74, 6) is -12.5. The second-order valence-corrected chi connectivity index (χ2v) is 5.44. The van der Waals surface area contributed by atoms with Crippen LogP contribution in [0.2, 0.25) is 0 Å². The molecule has 0 atom stereocenters. The highest BCUT2D eigenvalue weighted by molar-refractivity contribution is 5.75. The van der Waals surface area contributed by atoms with Crippen molar-refractivity contribution in [3.63, 3.8) is 0 Å². The fourth-order valence-electron chi connectivity index (χ4n) is 1.41. The predicted octanol–water partition coefficient (Wildman–Crippen LogP) is 3.71. The minimum absolute atomic E-state index is 0.292. The van der Waals surface area contributed by atoms with E-state index in [1.807, 2.05) is 0 Å². The lowest BCUT2D eigenvalue weighted by Crippen LogP contribution is -2.27. The van der Waals surface area contributed by atoms with Gasteiger partial charge in [0.2, 0.25) is 29.1 Å². The molecule has 0 aliphatic heterocycles. The molecule has 0 unspecified atom stereocenters. The fourth-order valence-corrected chi connectivity index (χ4v) is 1.41. The minimum atomic E-state index is -2.26. The highest BCUT2D eigenvalue weighted by Crippen LogP contribution is 2.29. The summed E-state index contributed by atoms with van der Waals surface area (Å²) < 4.78 is 79.5. The monoisotopic (exact) mass is 356 g/mol. The third-order valence-corrected chi connectivity index (χ3v) is 3.35. The number of esters is 1. The zero-order valence-corrected chi connectivity index (χ0v) is 13.4. The van der Waals surface area contributed by atoms with Crippen molar-refractivity contribution in [1.82, 2.24) is 0 Å². The predicted molar refractivity (Wildman–Crippen MR) is 72.7 cm³/mol. The number of hydrogen-bond acceptors (Lipinski definition) is 4. The summed E-state index contributed by atoms with van der Waals surface area (Å²) >= 11 is 0. The van der Waals surface area contributed by atoms with Gasteiger partial charge >= 0.3 is 5.97 Å².